The van der Waals surface area contributed by atoms with Crippen molar-refractivity contribution in [1.82, 2.24) is 14.5 Å². The predicted molar refractivity (Wildman–Crippen MR) is 89.1 cm³/mol. The molecule has 0 fully saturated rings. The lowest BCUT2D eigenvalue weighted by Crippen LogP contribution is -2.20. The molecule has 0 aliphatic heterocycles. The van der Waals surface area contributed by atoms with E-state index in [1.807, 2.05) is 18.4 Å². The number of hydrogen-bond donors (Lipinski definition) is 1. The Hall–Kier alpha value is -1.73. The molecule has 5 nitrogen and oxygen atoms in total. The number of hydrogen-bond acceptors (Lipinski definition) is 5. The second-order valence-corrected chi connectivity index (χ2v) is 6.28. The van der Waals surface area contributed by atoms with Gasteiger partial charge in [0.2, 0.25) is 0 Å². The predicted octanol–water partition coefficient (Wildman–Crippen LogP) is 3.10. The Labute approximate surface area is 133 Å². The first-order valence-corrected chi connectivity index (χ1v) is 8.18. The SMILES string of the molecule is CCNc1nc(Cn2cc(Br)ccc2=O)nc2sccc12. The van der Waals surface area contributed by atoms with Crippen molar-refractivity contribution < 1.29 is 0 Å². The lowest BCUT2D eigenvalue weighted by Gasteiger charge is -2.08. The molecule has 0 spiro atoms. The van der Waals surface area contributed by atoms with Crippen LogP contribution < -0.4 is 10.9 Å². The van der Waals surface area contributed by atoms with Crippen molar-refractivity contribution in [3.05, 3.63) is 50.4 Å². The fourth-order valence-corrected chi connectivity index (χ4v) is 3.21. The van der Waals surface area contributed by atoms with Crippen LogP contribution in [0, 0.1) is 0 Å². The normalized spacial score (nSPS) is 11.0. The zero-order valence-electron chi connectivity index (χ0n) is 11.3. The third-order valence-corrected chi connectivity index (χ3v) is 4.25. The summed E-state index contributed by atoms with van der Waals surface area (Å²) in [5.41, 5.74) is -0.0712. The van der Waals surface area contributed by atoms with Crippen molar-refractivity contribution in [1.29, 1.82) is 0 Å². The van der Waals surface area contributed by atoms with E-state index in [0.717, 1.165) is 27.1 Å². The molecule has 0 saturated carbocycles. The Morgan fingerprint density at radius 1 is 1.33 bits per heavy atom. The van der Waals surface area contributed by atoms with E-state index in [4.69, 9.17) is 0 Å². The summed E-state index contributed by atoms with van der Waals surface area (Å²) in [5, 5.41) is 6.26. The molecule has 0 atom stereocenters. The average Bonchev–Trinajstić information content (AvgIpc) is 2.92. The summed E-state index contributed by atoms with van der Waals surface area (Å²) in [6.07, 6.45) is 1.75. The highest BCUT2D eigenvalue weighted by Crippen LogP contribution is 2.25. The van der Waals surface area contributed by atoms with Crippen LogP contribution in [0.2, 0.25) is 0 Å². The largest absolute Gasteiger partial charge is 0.370 e. The summed E-state index contributed by atoms with van der Waals surface area (Å²) in [4.78, 5) is 21.9. The summed E-state index contributed by atoms with van der Waals surface area (Å²) in [6.45, 7) is 3.17. The van der Waals surface area contributed by atoms with E-state index in [2.05, 4.69) is 31.2 Å². The van der Waals surface area contributed by atoms with Gasteiger partial charge in [-0.25, -0.2) is 9.97 Å². The molecule has 3 aromatic heterocycles. The van der Waals surface area contributed by atoms with Crippen LogP contribution in [-0.2, 0) is 6.54 Å². The third kappa shape index (κ3) is 2.98. The van der Waals surface area contributed by atoms with Crippen molar-refractivity contribution >= 4 is 43.3 Å². The summed E-state index contributed by atoms with van der Waals surface area (Å²) < 4.78 is 2.44. The molecule has 0 amide bonds. The van der Waals surface area contributed by atoms with Gasteiger partial charge in [0.1, 0.15) is 10.6 Å². The molecule has 0 saturated heterocycles. The number of nitrogens with zero attached hydrogens (tertiary/aromatic N) is 3. The molecule has 0 aliphatic rings. The van der Waals surface area contributed by atoms with Crippen LogP contribution >= 0.6 is 27.3 Å². The fraction of sp³-hybridized carbons (Fsp3) is 0.214. The molecule has 0 radical (unpaired) electrons. The molecule has 3 heterocycles. The quantitative estimate of drug-likeness (QED) is 0.772. The van der Waals surface area contributed by atoms with Gasteiger partial charge in [0.25, 0.3) is 5.56 Å². The molecule has 0 aromatic carbocycles. The molecule has 7 heteroatoms. The van der Waals surface area contributed by atoms with E-state index in [9.17, 15) is 4.79 Å². The van der Waals surface area contributed by atoms with Gasteiger partial charge in [-0.15, -0.1) is 11.3 Å². The van der Waals surface area contributed by atoms with Crippen molar-refractivity contribution in [3.8, 4) is 0 Å². The molecule has 21 heavy (non-hydrogen) atoms. The van der Waals surface area contributed by atoms with Gasteiger partial charge >= 0.3 is 0 Å². The van der Waals surface area contributed by atoms with Crippen LogP contribution in [0.15, 0.2) is 39.0 Å². The number of rotatable bonds is 4. The zero-order chi connectivity index (χ0) is 14.8. The number of aromatic nitrogens is 3. The summed E-state index contributed by atoms with van der Waals surface area (Å²) in [5.74, 6) is 1.45. The molecule has 0 aliphatic carbocycles. The second kappa shape index (κ2) is 5.95. The molecule has 108 valence electrons. The number of nitrogens with one attached hydrogen (secondary N) is 1. The minimum Gasteiger partial charge on any atom is -0.370 e. The number of anilines is 1. The van der Waals surface area contributed by atoms with Crippen molar-refractivity contribution in [3.63, 3.8) is 0 Å². The average molecular weight is 365 g/mol. The van der Waals surface area contributed by atoms with Gasteiger partial charge in [-0.2, -0.15) is 0 Å². The summed E-state index contributed by atoms with van der Waals surface area (Å²) in [7, 11) is 0. The van der Waals surface area contributed by atoms with Gasteiger partial charge in [-0.05, 0) is 40.4 Å². The Bertz CT molecular complexity index is 842. The summed E-state index contributed by atoms with van der Waals surface area (Å²) in [6, 6.07) is 5.26. The van der Waals surface area contributed by atoms with E-state index in [0.29, 0.717) is 12.4 Å². The van der Waals surface area contributed by atoms with E-state index >= 15 is 0 Å². The monoisotopic (exact) mass is 364 g/mol. The van der Waals surface area contributed by atoms with Gasteiger partial charge in [-0.1, -0.05) is 0 Å². The van der Waals surface area contributed by atoms with Gasteiger partial charge < -0.3 is 9.88 Å². The lowest BCUT2D eigenvalue weighted by atomic mass is 10.3. The van der Waals surface area contributed by atoms with Gasteiger partial charge in [-0.3, -0.25) is 4.79 Å². The highest BCUT2D eigenvalue weighted by molar-refractivity contribution is 9.10. The van der Waals surface area contributed by atoms with Gasteiger partial charge in [0, 0.05) is 23.3 Å². The fourth-order valence-electron chi connectivity index (χ4n) is 2.05. The number of pyridine rings is 1. The zero-order valence-corrected chi connectivity index (χ0v) is 13.7. The molecule has 0 bridgehead atoms. The van der Waals surface area contributed by atoms with Gasteiger partial charge in [0.05, 0.1) is 11.9 Å². The minimum absolute atomic E-state index is 0.0712. The molecule has 1 N–H and O–H groups in total. The smallest absolute Gasteiger partial charge is 0.250 e. The van der Waals surface area contributed by atoms with Crippen LogP contribution in [0.4, 0.5) is 5.82 Å². The maximum Gasteiger partial charge on any atom is 0.250 e. The van der Waals surface area contributed by atoms with E-state index in [-0.39, 0.29) is 5.56 Å². The molecule has 3 rings (SSSR count). The third-order valence-electron chi connectivity index (χ3n) is 2.97. The Kier molecular flexibility index (Phi) is 4.03. The van der Waals surface area contributed by atoms with E-state index in [1.165, 1.54) is 6.07 Å². The van der Waals surface area contributed by atoms with E-state index < -0.39 is 0 Å². The number of thiophene rings is 1. The minimum atomic E-state index is -0.0712. The summed E-state index contributed by atoms with van der Waals surface area (Å²) >= 11 is 4.94. The molecule has 0 unspecified atom stereocenters. The Balaban J connectivity index is 2.04. The van der Waals surface area contributed by atoms with Crippen LogP contribution in [0.25, 0.3) is 10.2 Å². The van der Waals surface area contributed by atoms with Crippen molar-refractivity contribution in [2.24, 2.45) is 0 Å². The van der Waals surface area contributed by atoms with Crippen LogP contribution in [0.5, 0.6) is 0 Å². The van der Waals surface area contributed by atoms with Crippen LogP contribution in [0.1, 0.15) is 12.7 Å². The lowest BCUT2D eigenvalue weighted by molar-refractivity contribution is 0.717. The van der Waals surface area contributed by atoms with E-state index in [1.54, 1.807) is 28.2 Å². The van der Waals surface area contributed by atoms with Gasteiger partial charge in [0.15, 0.2) is 5.82 Å². The molecule has 3 aromatic rings. The first-order chi connectivity index (χ1) is 10.2. The first kappa shape index (κ1) is 14.2. The number of halogens is 1. The van der Waals surface area contributed by atoms with Crippen LogP contribution in [0.3, 0.4) is 0 Å². The number of fused-ring (bicyclic) bond motifs is 1. The molecular weight excluding hydrogens is 352 g/mol. The maximum absolute atomic E-state index is 11.9. The standard InChI is InChI=1S/C14H13BrN4OS/c1-2-16-13-10-5-6-21-14(10)18-11(17-13)8-19-7-9(15)3-4-12(19)20/h3-7H,2,8H2,1H3,(H,16,17,18). The molecular formula is C14H13BrN4OS. The second-order valence-electron chi connectivity index (χ2n) is 4.47. The van der Waals surface area contributed by atoms with Crippen LogP contribution in [-0.4, -0.2) is 21.1 Å². The van der Waals surface area contributed by atoms with Crippen molar-refractivity contribution in [2.45, 2.75) is 13.5 Å². The Morgan fingerprint density at radius 2 is 2.19 bits per heavy atom. The maximum atomic E-state index is 11.9. The highest BCUT2D eigenvalue weighted by Gasteiger charge is 2.09. The first-order valence-electron chi connectivity index (χ1n) is 6.51. The Morgan fingerprint density at radius 3 is 3.00 bits per heavy atom. The van der Waals surface area contributed by atoms with Crippen molar-refractivity contribution in [2.75, 3.05) is 11.9 Å². The highest BCUT2D eigenvalue weighted by atomic mass is 79.9. The topological polar surface area (TPSA) is 59.8 Å².